The average Bonchev–Trinajstić information content (AvgIpc) is 3.58. The maximum Gasteiger partial charge on any atom is 0.164 e. The van der Waals surface area contributed by atoms with E-state index in [1.54, 1.807) is 0 Å². The van der Waals surface area contributed by atoms with Crippen LogP contribution in [0, 0.1) is 0 Å². The van der Waals surface area contributed by atoms with Crippen LogP contribution in [-0.4, -0.2) is 15.0 Å². The van der Waals surface area contributed by atoms with E-state index < -0.39 is 0 Å². The van der Waals surface area contributed by atoms with Crippen molar-refractivity contribution in [3.05, 3.63) is 176 Å². The van der Waals surface area contributed by atoms with Gasteiger partial charge >= 0.3 is 0 Å². The molecule has 230 valence electrons. The third-order valence-corrected chi connectivity index (χ3v) is 8.92. The van der Waals surface area contributed by atoms with Gasteiger partial charge in [0.2, 0.25) is 0 Å². The summed E-state index contributed by atoms with van der Waals surface area (Å²) >= 11 is 0. The quantitative estimate of drug-likeness (QED) is 0.184. The highest BCUT2D eigenvalue weighted by Crippen LogP contribution is 2.43. The molecule has 0 bridgehead atoms. The first-order valence-corrected chi connectivity index (χ1v) is 16.4. The van der Waals surface area contributed by atoms with Crippen LogP contribution in [0.2, 0.25) is 0 Å². The number of hydrogen-bond acceptors (Lipinski definition) is 4. The summed E-state index contributed by atoms with van der Waals surface area (Å²) in [5.74, 6) is 1.88. The first-order valence-electron chi connectivity index (χ1n) is 16.4. The molecule has 0 radical (unpaired) electrons. The van der Waals surface area contributed by atoms with E-state index >= 15 is 0 Å². The van der Waals surface area contributed by atoms with E-state index in [2.05, 4.69) is 103 Å². The van der Waals surface area contributed by atoms with Gasteiger partial charge in [-0.1, -0.05) is 158 Å². The highest BCUT2D eigenvalue weighted by Gasteiger charge is 2.19. The summed E-state index contributed by atoms with van der Waals surface area (Å²) in [6.45, 7) is 0. The smallest absolute Gasteiger partial charge is 0.164 e. The van der Waals surface area contributed by atoms with Gasteiger partial charge in [-0.3, -0.25) is 0 Å². The molecule has 0 saturated carbocycles. The molecule has 0 spiro atoms. The number of hydrogen-bond donors (Lipinski definition) is 0. The molecule has 0 N–H and O–H groups in total. The Balaban J connectivity index is 1.26. The van der Waals surface area contributed by atoms with E-state index in [1.807, 2.05) is 72.8 Å². The molecule has 0 fully saturated rings. The number of rotatable bonds is 6. The van der Waals surface area contributed by atoms with Crippen molar-refractivity contribution in [1.82, 2.24) is 15.0 Å². The summed E-state index contributed by atoms with van der Waals surface area (Å²) in [7, 11) is 0. The molecule has 4 heteroatoms. The molecule has 0 aliphatic carbocycles. The summed E-state index contributed by atoms with van der Waals surface area (Å²) in [6, 6.07) is 60.4. The van der Waals surface area contributed by atoms with Gasteiger partial charge in [0, 0.05) is 38.6 Å². The lowest BCUT2D eigenvalue weighted by atomic mass is 9.94. The first kappa shape index (κ1) is 28.6. The van der Waals surface area contributed by atoms with Crippen molar-refractivity contribution in [2.75, 3.05) is 0 Å². The van der Waals surface area contributed by atoms with E-state index in [9.17, 15) is 0 Å². The molecule has 4 nitrogen and oxygen atoms in total. The minimum Gasteiger partial charge on any atom is -0.455 e. The van der Waals surface area contributed by atoms with Crippen LogP contribution in [0.3, 0.4) is 0 Å². The molecule has 2 aromatic heterocycles. The number of furan rings is 1. The van der Waals surface area contributed by atoms with Crippen LogP contribution in [0.1, 0.15) is 0 Å². The number of benzene rings is 7. The standard InChI is InChI=1S/C45H29N3O/c1-5-15-30(16-6-1)36-28-39(42-40(29-36)38-26-14-25-37(41(38)49-42)31-17-7-2-8-18-31)34-23-13-24-35(27-34)45-47-43(32-19-9-3-10-20-32)46-44(48-45)33-21-11-4-12-22-33/h1-29H. The fourth-order valence-corrected chi connectivity index (χ4v) is 6.52. The molecule has 0 atom stereocenters. The minimum absolute atomic E-state index is 0.612. The lowest BCUT2D eigenvalue weighted by Crippen LogP contribution is -2.00. The second-order valence-corrected chi connectivity index (χ2v) is 12.0. The monoisotopic (exact) mass is 627 g/mol. The van der Waals surface area contributed by atoms with Crippen molar-refractivity contribution in [3.8, 4) is 67.5 Å². The van der Waals surface area contributed by atoms with Gasteiger partial charge in [-0.2, -0.15) is 0 Å². The predicted octanol–water partition coefficient (Wildman–Crippen LogP) is 11.8. The SMILES string of the molecule is c1ccc(-c2cc(-c3cccc(-c4nc(-c5ccccc5)nc(-c5ccccc5)n4)c3)c3oc4c(-c5ccccc5)cccc4c3c2)cc1. The maximum absolute atomic E-state index is 6.87. The van der Waals surface area contributed by atoms with Crippen LogP contribution in [-0.2, 0) is 0 Å². The molecular weight excluding hydrogens is 599 g/mol. The molecule has 0 aliphatic heterocycles. The lowest BCUT2D eigenvalue weighted by molar-refractivity contribution is 0.671. The Morgan fingerprint density at radius 3 is 1.37 bits per heavy atom. The van der Waals surface area contributed by atoms with Crippen molar-refractivity contribution in [2.45, 2.75) is 0 Å². The van der Waals surface area contributed by atoms with Crippen molar-refractivity contribution in [3.63, 3.8) is 0 Å². The fraction of sp³-hybridized carbons (Fsp3) is 0. The second kappa shape index (κ2) is 12.2. The maximum atomic E-state index is 6.87. The van der Waals surface area contributed by atoms with Gasteiger partial charge in [0.25, 0.3) is 0 Å². The van der Waals surface area contributed by atoms with E-state index in [-0.39, 0.29) is 0 Å². The summed E-state index contributed by atoms with van der Waals surface area (Å²) in [6.07, 6.45) is 0. The molecule has 9 aromatic rings. The van der Waals surface area contributed by atoms with Crippen LogP contribution < -0.4 is 0 Å². The van der Waals surface area contributed by atoms with Crippen LogP contribution in [0.4, 0.5) is 0 Å². The first-order chi connectivity index (χ1) is 24.3. The van der Waals surface area contributed by atoms with Crippen LogP contribution in [0.15, 0.2) is 180 Å². The number of fused-ring (bicyclic) bond motifs is 3. The topological polar surface area (TPSA) is 51.8 Å². The van der Waals surface area contributed by atoms with E-state index in [0.29, 0.717) is 17.5 Å². The van der Waals surface area contributed by atoms with Gasteiger partial charge in [-0.25, -0.2) is 15.0 Å². The van der Waals surface area contributed by atoms with Gasteiger partial charge in [0.1, 0.15) is 11.2 Å². The summed E-state index contributed by atoms with van der Waals surface area (Å²) in [5, 5.41) is 2.16. The van der Waals surface area contributed by atoms with E-state index in [0.717, 1.165) is 72.0 Å². The summed E-state index contributed by atoms with van der Waals surface area (Å²) in [4.78, 5) is 14.9. The Labute approximate surface area is 284 Å². The molecule has 0 unspecified atom stereocenters. The van der Waals surface area contributed by atoms with Crippen molar-refractivity contribution < 1.29 is 4.42 Å². The molecule has 7 aromatic carbocycles. The Hall–Kier alpha value is -6.65. The van der Waals surface area contributed by atoms with Gasteiger partial charge in [0.05, 0.1) is 0 Å². The Morgan fingerprint density at radius 2 is 0.755 bits per heavy atom. The number of nitrogens with zero attached hydrogens (tertiary/aromatic N) is 3. The van der Waals surface area contributed by atoms with E-state index in [1.165, 1.54) is 0 Å². The third-order valence-electron chi connectivity index (χ3n) is 8.92. The zero-order valence-electron chi connectivity index (χ0n) is 26.5. The minimum atomic E-state index is 0.612. The largest absolute Gasteiger partial charge is 0.455 e. The Morgan fingerprint density at radius 1 is 0.286 bits per heavy atom. The van der Waals surface area contributed by atoms with E-state index in [4.69, 9.17) is 19.4 Å². The molecule has 9 rings (SSSR count). The van der Waals surface area contributed by atoms with Crippen LogP contribution >= 0.6 is 0 Å². The van der Waals surface area contributed by atoms with Gasteiger partial charge < -0.3 is 4.42 Å². The average molecular weight is 628 g/mol. The van der Waals surface area contributed by atoms with Crippen LogP contribution in [0.25, 0.3) is 89.5 Å². The summed E-state index contributed by atoms with van der Waals surface area (Å²) in [5.41, 5.74) is 11.0. The zero-order valence-corrected chi connectivity index (χ0v) is 26.5. The number of aromatic nitrogens is 3. The number of para-hydroxylation sites is 1. The fourth-order valence-electron chi connectivity index (χ4n) is 6.52. The zero-order chi connectivity index (χ0) is 32.6. The molecular formula is C45H29N3O. The Bertz CT molecular complexity index is 2520. The van der Waals surface area contributed by atoms with Gasteiger partial charge in [0.15, 0.2) is 17.5 Å². The van der Waals surface area contributed by atoms with Crippen molar-refractivity contribution in [2.24, 2.45) is 0 Å². The summed E-state index contributed by atoms with van der Waals surface area (Å²) < 4.78 is 6.87. The highest BCUT2D eigenvalue weighted by atomic mass is 16.3. The highest BCUT2D eigenvalue weighted by molar-refractivity contribution is 6.14. The molecule has 0 aliphatic rings. The molecule has 49 heavy (non-hydrogen) atoms. The lowest BCUT2D eigenvalue weighted by Gasteiger charge is -2.11. The molecule has 2 heterocycles. The molecule has 0 saturated heterocycles. The van der Waals surface area contributed by atoms with Gasteiger partial charge in [-0.15, -0.1) is 0 Å². The Kier molecular flexibility index (Phi) is 7.10. The third kappa shape index (κ3) is 5.35. The van der Waals surface area contributed by atoms with Gasteiger partial charge in [-0.05, 0) is 40.5 Å². The van der Waals surface area contributed by atoms with Crippen molar-refractivity contribution >= 4 is 21.9 Å². The van der Waals surface area contributed by atoms with Crippen molar-refractivity contribution in [1.29, 1.82) is 0 Å². The predicted molar refractivity (Wildman–Crippen MR) is 200 cm³/mol. The normalized spacial score (nSPS) is 11.3. The molecule has 0 amide bonds. The second-order valence-electron chi connectivity index (χ2n) is 12.0. The van der Waals surface area contributed by atoms with Crippen LogP contribution in [0.5, 0.6) is 0 Å².